The molecule has 3 aliphatic heterocycles. The van der Waals surface area contributed by atoms with E-state index in [4.69, 9.17) is 17.1 Å². The third-order valence-corrected chi connectivity index (χ3v) is 7.44. The van der Waals surface area contributed by atoms with Crippen molar-refractivity contribution in [1.29, 1.82) is 0 Å². The third kappa shape index (κ3) is 6.49. The summed E-state index contributed by atoms with van der Waals surface area (Å²) in [6.07, 6.45) is 1.89. The topological polar surface area (TPSA) is 57.2 Å². The molecule has 0 bridgehead atoms. The van der Waals surface area contributed by atoms with Crippen molar-refractivity contribution in [2.45, 2.75) is 32.2 Å². The zero-order valence-electron chi connectivity index (χ0n) is 31.6. The van der Waals surface area contributed by atoms with Crippen molar-refractivity contribution in [2.75, 3.05) is 51.1 Å². The molecule has 3 aromatic carbocycles. The van der Waals surface area contributed by atoms with Crippen molar-refractivity contribution in [3.8, 4) is 0 Å². The van der Waals surface area contributed by atoms with Gasteiger partial charge in [-0.3, -0.25) is 9.79 Å². The van der Waals surface area contributed by atoms with Crippen LogP contribution >= 0.6 is 0 Å². The van der Waals surface area contributed by atoms with Gasteiger partial charge in [-0.1, -0.05) is 12.1 Å². The number of fused-ring (bicyclic) bond motifs is 1. The summed E-state index contributed by atoms with van der Waals surface area (Å²) >= 11 is 0. The van der Waals surface area contributed by atoms with Crippen molar-refractivity contribution < 1.29 is 30.6 Å². The average Bonchev–Trinajstić information content (AvgIpc) is 3.44. The van der Waals surface area contributed by atoms with E-state index in [9.17, 15) is 13.6 Å². The summed E-state index contributed by atoms with van der Waals surface area (Å²) in [4.78, 5) is 19.4. The molecule has 8 heteroatoms. The van der Waals surface area contributed by atoms with E-state index in [0.29, 0.717) is 64.5 Å². The molecular weight excluding hydrogens is 522 g/mol. The molecular formula is C33H36F2N4O2. The Morgan fingerprint density at radius 3 is 2.56 bits per heavy atom. The van der Waals surface area contributed by atoms with Crippen LogP contribution in [0.2, 0.25) is 0 Å². The SMILES string of the molecule is [2H]c1c(F)cc(Cc2ccc3c(c2)C(NC(=O)c2ccc(N4C([2H])([2H])C([2H])([2H])N(C)C([2H])([2H])C4([2H])[2H])cc2CC2CCOCC2)=NC3)cc1F. The highest BCUT2D eigenvalue weighted by molar-refractivity contribution is 6.14. The van der Waals surface area contributed by atoms with Crippen LogP contribution in [0.1, 0.15) is 63.4 Å². The van der Waals surface area contributed by atoms with E-state index in [0.717, 1.165) is 24.7 Å². The maximum absolute atomic E-state index is 14.0. The number of halogens is 2. The molecule has 6 rings (SSSR count). The first-order valence-corrected chi connectivity index (χ1v) is 13.5. The predicted molar refractivity (Wildman–Crippen MR) is 157 cm³/mol. The Hall–Kier alpha value is -3.62. The van der Waals surface area contributed by atoms with Gasteiger partial charge in [0.05, 0.1) is 13.4 Å². The van der Waals surface area contributed by atoms with E-state index < -0.39 is 49.6 Å². The van der Waals surface area contributed by atoms with Crippen molar-refractivity contribution in [1.82, 2.24) is 10.2 Å². The van der Waals surface area contributed by atoms with Crippen LogP contribution in [0.15, 0.2) is 59.6 Å². The maximum Gasteiger partial charge on any atom is 0.257 e. The highest BCUT2D eigenvalue weighted by atomic mass is 19.1. The monoisotopic (exact) mass is 567 g/mol. The van der Waals surface area contributed by atoms with Gasteiger partial charge in [0.1, 0.15) is 17.5 Å². The predicted octanol–water partition coefficient (Wildman–Crippen LogP) is 4.97. The van der Waals surface area contributed by atoms with Crippen LogP contribution < -0.4 is 10.2 Å². The highest BCUT2D eigenvalue weighted by Crippen LogP contribution is 2.28. The summed E-state index contributed by atoms with van der Waals surface area (Å²) in [6, 6.07) is 10.9. The number of ether oxygens (including phenoxy) is 1. The number of rotatable bonds is 6. The molecule has 0 aromatic heterocycles. The van der Waals surface area contributed by atoms with Gasteiger partial charge in [0.15, 0.2) is 0 Å². The van der Waals surface area contributed by atoms with Gasteiger partial charge in [0, 0.05) is 67.5 Å². The molecule has 41 heavy (non-hydrogen) atoms. The standard InChI is InChI=1S/C33H36F2N4O2/c1-38-8-10-39(11-9-38)29-4-5-30(26(19-29)15-22-6-12-41-13-7-22)33(40)37-32-31-18-23(2-3-25(31)21-36-32)14-24-16-27(34)20-28(35)17-24/h2-5,16-20,22H,6-15,21H2,1H3,(H,36,37,40)/i8D2,9D2,10D2,11D2,20D. The van der Waals surface area contributed by atoms with Crippen LogP contribution in [0.5, 0.6) is 0 Å². The second kappa shape index (κ2) is 12.1. The van der Waals surface area contributed by atoms with Crippen LogP contribution in [0.3, 0.4) is 0 Å². The Kier molecular flexibility index (Phi) is 5.52. The Bertz CT molecular complexity index is 1820. The lowest BCUT2D eigenvalue weighted by Gasteiger charge is -2.34. The first-order chi connectivity index (χ1) is 23.4. The normalized spacial score (nSPS) is 26.0. The number of hydrogen-bond acceptors (Lipinski definition) is 5. The Morgan fingerprint density at radius 1 is 1.05 bits per heavy atom. The molecule has 3 aromatic rings. The van der Waals surface area contributed by atoms with Gasteiger partial charge >= 0.3 is 0 Å². The molecule has 214 valence electrons. The van der Waals surface area contributed by atoms with E-state index in [1.165, 1.54) is 18.2 Å². The molecule has 0 aliphatic carbocycles. The Labute approximate surface area is 252 Å². The molecule has 3 heterocycles. The third-order valence-electron chi connectivity index (χ3n) is 7.44. The number of nitrogens with one attached hydrogen (secondary N) is 1. The van der Waals surface area contributed by atoms with E-state index >= 15 is 0 Å². The van der Waals surface area contributed by atoms with E-state index in [1.807, 2.05) is 6.07 Å². The average molecular weight is 568 g/mol. The lowest BCUT2D eigenvalue weighted by Crippen LogP contribution is -2.44. The molecule has 0 saturated carbocycles. The molecule has 0 spiro atoms. The highest BCUT2D eigenvalue weighted by Gasteiger charge is 2.24. The molecule has 0 atom stereocenters. The van der Waals surface area contributed by atoms with Gasteiger partial charge in [-0.2, -0.15) is 0 Å². The molecule has 0 unspecified atom stereocenters. The summed E-state index contributed by atoms with van der Waals surface area (Å²) in [7, 11) is 0.999. The zero-order chi connectivity index (χ0) is 36.4. The van der Waals surface area contributed by atoms with E-state index in [-0.39, 0.29) is 36.0 Å². The summed E-state index contributed by atoms with van der Waals surface area (Å²) in [6.45, 7) is -10.6. The molecule has 6 nitrogen and oxygen atoms in total. The maximum atomic E-state index is 14.0. The smallest absolute Gasteiger partial charge is 0.257 e. The number of amides is 1. The minimum absolute atomic E-state index is 0.0790. The summed E-state index contributed by atoms with van der Waals surface area (Å²) in [5.74, 6) is -2.11. The number of aliphatic imine (C=N–C) groups is 1. The fraction of sp³-hybridized carbons (Fsp3) is 0.394. The number of anilines is 1. The van der Waals surface area contributed by atoms with Crippen LogP contribution in [-0.2, 0) is 24.1 Å². The number of likely N-dealkylation sites (N-methyl/N-ethyl adjacent to an activating group) is 1. The lowest BCUT2D eigenvalue weighted by atomic mass is 9.89. The first-order valence-electron chi connectivity index (χ1n) is 18.0. The number of piperazine rings is 1. The first kappa shape index (κ1) is 18.7. The number of amidine groups is 1. The van der Waals surface area contributed by atoms with E-state index in [1.54, 1.807) is 12.1 Å². The molecule has 2 saturated heterocycles. The van der Waals surface area contributed by atoms with Gasteiger partial charge in [-0.05, 0) is 97.3 Å². The minimum Gasteiger partial charge on any atom is -0.381 e. The van der Waals surface area contributed by atoms with Crippen molar-refractivity contribution >= 4 is 17.4 Å². The second-order valence-electron chi connectivity index (χ2n) is 10.4. The summed E-state index contributed by atoms with van der Waals surface area (Å²) in [5.41, 5.74) is 3.00. The van der Waals surface area contributed by atoms with Gasteiger partial charge in [-0.15, -0.1) is 0 Å². The summed E-state index contributed by atoms with van der Waals surface area (Å²) in [5, 5.41) is 2.86. The van der Waals surface area contributed by atoms with Crippen molar-refractivity contribution in [2.24, 2.45) is 10.9 Å². The fourth-order valence-corrected chi connectivity index (χ4v) is 5.32. The quantitative estimate of drug-likeness (QED) is 0.457. The summed E-state index contributed by atoms with van der Waals surface area (Å²) < 4.78 is 110. The van der Waals surface area contributed by atoms with E-state index in [2.05, 4.69) is 10.3 Å². The molecule has 1 amide bonds. The number of carbonyl (C=O) groups is 1. The number of hydrogen-bond donors (Lipinski definition) is 1. The number of nitrogens with zero attached hydrogens (tertiary/aromatic N) is 3. The zero-order valence-corrected chi connectivity index (χ0v) is 22.6. The second-order valence-corrected chi connectivity index (χ2v) is 10.4. The Balaban J connectivity index is 1.32. The lowest BCUT2D eigenvalue weighted by molar-refractivity contribution is 0.0664. The number of carbonyl (C=O) groups excluding carboxylic acids is 1. The van der Waals surface area contributed by atoms with Crippen molar-refractivity contribution in [3.63, 3.8) is 0 Å². The molecule has 1 N–H and O–H groups in total. The fourth-order valence-electron chi connectivity index (χ4n) is 5.32. The van der Waals surface area contributed by atoms with Gasteiger partial charge in [-0.25, -0.2) is 8.78 Å². The van der Waals surface area contributed by atoms with Crippen LogP contribution in [0.25, 0.3) is 0 Å². The van der Waals surface area contributed by atoms with Crippen molar-refractivity contribution in [3.05, 3.63) is 99.6 Å². The van der Waals surface area contributed by atoms with Crippen LogP contribution in [0.4, 0.5) is 14.5 Å². The molecule has 2 fully saturated rings. The van der Waals surface area contributed by atoms with Gasteiger partial charge < -0.3 is 19.9 Å². The van der Waals surface area contributed by atoms with Gasteiger partial charge in [0.25, 0.3) is 5.91 Å². The molecule has 0 radical (unpaired) electrons. The molecule has 3 aliphatic rings. The largest absolute Gasteiger partial charge is 0.381 e. The van der Waals surface area contributed by atoms with Gasteiger partial charge in [0.2, 0.25) is 0 Å². The van der Waals surface area contributed by atoms with Crippen LogP contribution in [0, 0.1) is 17.6 Å². The Morgan fingerprint density at radius 2 is 1.80 bits per heavy atom. The minimum atomic E-state index is -3.03. The van der Waals surface area contributed by atoms with Crippen LogP contribution in [-0.4, -0.2) is 62.9 Å². The number of benzene rings is 3.